The van der Waals surface area contributed by atoms with Gasteiger partial charge in [0.15, 0.2) is 0 Å². The molecule has 3 heteroatoms. The smallest absolute Gasteiger partial charge is 0.123 e. The van der Waals surface area contributed by atoms with Crippen molar-refractivity contribution >= 4 is 7.85 Å². The normalized spacial score (nSPS) is 9.75. The van der Waals surface area contributed by atoms with Crippen LogP contribution in [0.1, 0.15) is 5.56 Å². The second kappa shape index (κ2) is 4.80. The molecule has 0 saturated carbocycles. The third-order valence-corrected chi connectivity index (χ3v) is 1.65. The van der Waals surface area contributed by atoms with Crippen LogP contribution in [-0.2, 0) is 6.32 Å². The fourth-order valence-electron chi connectivity index (χ4n) is 1.01. The molecule has 12 heavy (non-hydrogen) atoms. The van der Waals surface area contributed by atoms with Crippen LogP contribution in [0.2, 0.25) is 0 Å². The van der Waals surface area contributed by atoms with Gasteiger partial charge in [0.05, 0.1) is 0 Å². The summed E-state index contributed by atoms with van der Waals surface area (Å²) in [4.78, 5) is 0. The van der Waals surface area contributed by atoms with Crippen LogP contribution in [0.15, 0.2) is 24.3 Å². The largest absolute Gasteiger partial charge is 0.491 e. The minimum atomic E-state index is -0.434. The molecule has 0 aliphatic carbocycles. The fourth-order valence-corrected chi connectivity index (χ4v) is 1.01. The van der Waals surface area contributed by atoms with E-state index in [1.165, 1.54) is 5.56 Å². The molecule has 64 valence electrons. The lowest BCUT2D eigenvalue weighted by molar-refractivity contribution is 0.273. The SMILES string of the molecule is BCc1cccc(OCCF)c1. The van der Waals surface area contributed by atoms with E-state index in [4.69, 9.17) is 4.74 Å². The molecule has 0 fully saturated rings. The van der Waals surface area contributed by atoms with E-state index in [1.807, 2.05) is 24.3 Å². The lowest BCUT2D eigenvalue weighted by Gasteiger charge is -2.04. The molecule has 0 saturated heterocycles. The van der Waals surface area contributed by atoms with Gasteiger partial charge in [-0.15, -0.1) is 0 Å². The summed E-state index contributed by atoms with van der Waals surface area (Å²) in [6, 6.07) is 7.74. The molecule has 0 atom stereocenters. The van der Waals surface area contributed by atoms with Crippen LogP contribution in [0.4, 0.5) is 4.39 Å². The van der Waals surface area contributed by atoms with Crippen LogP contribution in [0.3, 0.4) is 0 Å². The molecule has 1 aromatic carbocycles. The van der Waals surface area contributed by atoms with Crippen molar-refractivity contribution in [2.24, 2.45) is 0 Å². The predicted octanol–water partition coefficient (Wildman–Crippen LogP) is 1.17. The Bertz CT molecular complexity index is 240. The Morgan fingerprint density at radius 2 is 2.25 bits per heavy atom. The second-order valence-corrected chi connectivity index (χ2v) is 2.54. The molecule has 0 aliphatic rings. The molecular weight excluding hydrogens is 154 g/mol. The van der Waals surface area contributed by atoms with Crippen molar-refractivity contribution < 1.29 is 9.13 Å². The lowest BCUT2D eigenvalue weighted by atomic mass is 9.97. The minimum absolute atomic E-state index is 0.146. The van der Waals surface area contributed by atoms with Gasteiger partial charge in [0.1, 0.15) is 26.9 Å². The summed E-state index contributed by atoms with van der Waals surface area (Å²) < 4.78 is 16.9. The maximum absolute atomic E-state index is 11.7. The molecule has 0 unspecified atom stereocenters. The van der Waals surface area contributed by atoms with Crippen molar-refractivity contribution in [1.82, 2.24) is 0 Å². The number of alkyl halides is 1. The Balaban J connectivity index is 2.60. The summed E-state index contributed by atoms with van der Waals surface area (Å²) in [5.74, 6) is 0.756. The molecule has 1 nitrogen and oxygen atoms in total. The molecule has 1 aromatic rings. The van der Waals surface area contributed by atoms with Gasteiger partial charge in [0, 0.05) is 0 Å². The second-order valence-electron chi connectivity index (χ2n) is 2.54. The third kappa shape index (κ3) is 2.57. The fraction of sp³-hybridized carbons (Fsp3) is 0.333. The Labute approximate surface area is 73.0 Å². The summed E-state index contributed by atoms with van der Waals surface area (Å²) in [6.07, 6.45) is 0.979. The molecular formula is C9H12BFO. The number of benzene rings is 1. The van der Waals surface area contributed by atoms with E-state index in [9.17, 15) is 4.39 Å². The average Bonchev–Trinajstić information content (AvgIpc) is 2.15. The Morgan fingerprint density at radius 3 is 2.92 bits per heavy atom. The van der Waals surface area contributed by atoms with Gasteiger partial charge in [-0.05, 0) is 12.1 Å². The first-order valence-corrected chi connectivity index (χ1v) is 4.14. The summed E-state index contributed by atoms with van der Waals surface area (Å²) in [5, 5.41) is 0. The van der Waals surface area contributed by atoms with Gasteiger partial charge in [-0.1, -0.05) is 24.0 Å². The van der Waals surface area contributed by atoms with Crippen molar-refractivity contribution in [3.05, 3.63) is 29.8 Å². The van der Waals surface area contributed by atoms with Crippen molar-refractivity contribution in [2.45, 2.75) is 6.32 Å². The van der Waals surface area contributed by atoms with Crippen LogP contribution in [0, 0.1) is 0 Å². The number of ether oxygens (including phenoxy) is 1. The van der Waals surface area contributed by atoms with Crippen LogP contribution >= 0.6 is 0 Å². The van der Waals surface area contributed by atoms with Crippen LogP contribution in [0.25, 0.3) is 0 Å². The molecule has 0 aromatic heterocycles. The monoisotopic (exact) mass is 166 g/mol. The van der Waals surface area contributed by atoms with Gasteiger partial charge < -0.3 is 4.74 Å². The van der Waals surface area contributed by atoms with Crippen molar-refractivity contribution in [3.8, 4) is 5.75 Å². The zero-order valence-corrected chi connectivity index (χ0v) is 7.22. The van der Waals surface area contributed by atoms with Crippen LogP contribution < -0.4 is 4.74 Å². The van der Waals surface area contributed by atoms with E-state index in [0.717, 1.165) is 12.1 Å². The van der Waals surface area contributed by atoms with Gasteiger partial charge in [0.25, 0.3) is 0 Å². The summed E-state index contributed by atoms with van der Waals surface area (Å²) >= 11 is 0. The van der Waals surface area contributed by atoms with E-state index in [-0.39, 0.29) is 6.61 Å². The van der Waals surface area contributed by atoms with Gasteiger partial charge in [-0.2, -0.15) is 0 Å². The first kappa shape index (κ1) is 9.11. The molecule has 0 spiro atoms. The number of halogens is 1. The van der Waals surface area contributed by atoms with Gasteiger partial charge in [-0.25, -0.2) is 4.39 Å². The maximum atomic E-state index is 11.7. The summed E-state index contributed by atoms with van der Waals surface area (Å²) in [6.45, 7) is -0.288. The topological polar surface area (TPSA) is 9.23 Å². The van der Waals surface area contributed by atoms with Gasteiger partial charge >= 0.3 is 0 Å². The minimum Gasteiger partial charge on any atom is -0.491 e. The predicted molar refractivity (Wildman–Crippen MR) is 50.2 cm³/mol. The molecule has 0 bridgehead atoms. The summed E-state index contributed by atoms with van der Waals surface area (Å²) in [5.41, 5.74) is 1.21. The molecule has 0 amide bonds. The maximum Gasteiger partial charge on any atom is 0.123 e. The van der Waals surface area contributed by atoms with E-state index >= 15 is 0 Å². The highest BCUT2D eigenvalue weighted by molar-refractivity contribution is 6.08. The average molecular weight is 166 g/mol. The molecule has 0 N–H and O–H groups in total. The first-order chi connectivity index (χ1) is 5.86. The Hall–Kier alpha value is -0.985. The lowest BCUT2D eigenvalue weighted by Crippen LogP contribution is -1.98. The first-order valence-electron chi connectivity index (χ1n) is 4.14. The van der Waals surface area contributed by atoms with E-state index < -0.39 is 6.67 Å². The number of rotatable bonds is 4. The number of hydrogen-bond acceptors (Lipinski definition) is 1. The Morgan fingerprint density at radius 1 is 1.42 bits per heavy atom. The Kier molecular flexibility index (Phi) is 3.65. The molecule has 0 aliphatic heterocycles. The van der Waals surface area contributed by atoms with Crippen molar-refractivity contribution in [2.75, 3.05) is 13.3 Å². The standard InChI is InChI=1S/C9H12BFO/c10-7-8-2-1-3-9(6-8)12-5-4-11/h1-3,6H,4-5,7,10H2. The molecule has 0 heterocycles. The van der Waals surface area contributed by atoms with Crippen molar-refractivity contribution in [1.29, 1.82) is 0 Å². The van der Waals surface area contributed by atoms with E-state index in [1.54, 1.807) is 0 Å². The van der Waals surface area contributed by atoms with E-state index in [0.29, 0.717) is 0 Å². The zero-order valence-electron chi connectivity index (χ0n) is 7.22. The zero-order chi connectivity index (χ0) is 8.81. The number of hydrogen-bond donors (Lipinski definition) is 0. The quantitative estimate of drug-likeness (QED) is 0.610. The summed E-state index contributed by atoms with van der Waals surface area (Å²) in [7, 11) is 2.08. The molecule has 0 radical (unpaired) electrons. The van der Waals surface area contributed by atoms with Crippen LogP contribution in [0.5, 0.6) is 5.75 Å². The molecule has 1 rings (SSSR count). The highest BCUT2D eigenvalue weighted by atomic mass is 19.1. The van der Waals surface area contributed by atoms with E-state index in [2.05, 4.69) is 7.85 Å². The van der Waals surface area contributed by atoms with Crippen LogP contribution in [-0.4, -0.2) is 21.1 Å². The van der Waals surface area contributed by atoms with Crippen molar-refractivity contribution in [3.63, 3.8) is 0 Å². The highest BCUT2D eigenvalue weighted by Gasteiger charge is 1.93. The third-order valence-electron chi connectivity index (χ3n) is 1.65. The van der Waals surface area contributed by atoms with Gasteiger partial charge in [0.2, 0.25) is 0 Å². The highest BCUT2D eigenvalue weighted by Crippen LogP contribution is 2.12. The van der Waals surface area contributed by atoms with Gasteiger partial charge in [-0.3, -0.25) is 0 Å².